The third kappa shape index (κ3) is 2.91. The van der Waals surface area contributed by atoms with Crippen molar-refractivity contribution in [3.05, 3.63) is 50.8 Å². The summed E-state index contributed by atoms with van der Waals surface area (Å²) in [5.41, 5.74) is 2.63. The molecule has 1 N–H and O–H groups in total. The molecule has 106 valence electrons. The second kappa shape index (κ2) is 5.50. The van der Waals surface area contributed by atoms with E-state index in [2.05, 4.69) is 10.4 Å². The Labute approximate surface area is 121 Å². The van der Waals surface area contributed by atoms with Gasteiger partial charge in [0.25, 0.3) is 5.69 Å². The summed E-state index contributed by atoms with van der Waals surface area (Å²) in [6.45, 7) is 3.92. The molecule has 0 saturated heterocycles. The lowest BCUT2D eigenvalue weighted by atomic mass is 10.1. The van der Waals surface area contributed by atoms with Gasteiger partial charge in [0.2, 0.25) is 0 Å². The van der Waals surface area contributed by atoms with Gasteiger partial charge in [0, 0.05) is 30.9 Å². The molecular formula is C13H15ClN4O2. The van der Waals surface area contributed by atoms with Gasteiger partial charge in [-0.15, -0.1) is 0 Å². The summed E-state index contributed by atoms with van der Waals surface area (Å²) in [6, 6.07) is 4.38. The number of rotatable bonds is 4. The van der Waals surface area contributed by atoms with Crippen LogP contribution in [0, 0.1) is 17.0 Å². The number of aryl methyl sites for hydroxylation is 2. The van der Waals surface area contributed by atoms with Crippen molar-refractivity contribution in [1.82, 2.24) is 9.78 Å². The van der Waals surface area contributed by atoms with Gasteiger partial charge >= 0.3 is 0 Å². The van der Waals surface area contributed by atoms with Crippen molar-refractivity contribution >= 4 is 23.0 Å². The molecule has 0 aliphatic carbocycles. The third-order valence-corrected chi connectivity index (χ3v) is 3.37. The number of hydrogen-bond acceptors (Lipinski definition) is 4. The SMILES string of the molecule is Cc1nn(C)cc1C(C)Nc1ccc([N+](=O)[O-])cc1Cl. The van der Waals surface area contributed by atoms with Crippen molar-refractivity contribution in [2.45, 2.75) is 19.9 Å². The van der Waals surface area contributed by atoms with Gasteiger partial charge in [-0.05, 0) is 19.9 Å². The molecule has 2 rings (SSSR count). The molecule has 0 radical (unpaired) electrons. The minimum absolute atomic E-state index is 0.00246. The van der Waals surface area contributed by atoms with Crippen LogP contribution in [-0.4, -0.2) is 14.7 Å². The van der Waals surface area contributed by atoms with Gasteiger partial charge in [-0.1, -0.05) is 11.6 Å². The molecule has 6 nitrogen and oxygen atoms in total. The van der Waals surface area contributed by atoms with Gasteiger partial charge in [-0.3, -0.25) is 14.8 Å². The predicted molar refractivity (Wildman–Crippen MR) is 78.1 cm³/mol. The Bertz CT molecular complexity index is 654. The van der Waals surface area contributed by atoms with Crippen LogP contribution in [0.1, 0.15) is 24.2 Å². The monoisotopic (exact) mass is 294 g/mol. The van der Waals surface area contributed by atoms with Crippen LogP contribution in [-0.2, 0) is 7.05 Å². The number of non-ortho nitro benzene ring substituents is 1. The van der Waals surface area contributed by atoms with Gasteiger partial charge in [0.1, 0.15) is 0 Å². The average Bonchev–Trinajstić information content (AvgIpc) is 2.70. The van der Waals surface area contributed by atoms with Crippen LogP contribution < -0.4 is 5.32 Å². The predicted octanol–water partition coefficient (Wildman–Crippen LogP) is 3.46. The zero-order valence-corrected chi connectivity index (χ0v) is 12.2. The zero-order valence-electron chi connectivity index (χ0n) is 11.4. The number of halogens is 1. The Morgan fingerprint density at radius 3 is 2.70 bits per heavy atom. The van der Waals surface area contributed by atoms with Crippen LogP contribution in [0.2, 0.25) is 5.02 Å². The topological polar surface area (TPSA) is 73.0 Å². The maximum atomic E-state index is 10.7. The normalized spacial score (nSPS) is 12.2. The van der Waals surface area contributed by atoms with E-state index in [0.717, 1.165) is 11.3 Å². The first-order chi connectivity index (χ1) is 9.38. The zero-order chi connectivity index (χ0) is 14.9. The first-order valence-electron chi connectivity index (χ1n) is 6.09. The molecule has 0 amide bonds. The molecule has 1 aromatic heterocycles. The Morgan fingerprint density at radius 1 is 1.50 bits per heavy atom. The molecule has 1 aromatic carbocycles. The van der Waals surface area contributed by atoms with Crippen LogP contribution in [0.25, 0.3) is 0 Å². The van der Waals surface area contributed by atoms with E-state index in [1.165, 1.54) is 12.1 Å². The van der Waals surface area contributed by atoms with Crippen molar-refractivity contribution in [1.29, 1.82) is 0 Å². The van der Waals surface area contributed by atoms with Crippen molar-refractivity contribution in [3.63, 3.8) is 0 Å². The van der Waals surface area contributed by atoms with Crippen LogP contribution in [0.5, 0.6) is 0 Å². The molecule has 0 bridgehead atoms. The van der Waals surface area contributed by atoms with E-state index in [4.69, 9.17) is 11.6 Å². The summed E-state index contributed by atoms with van der Waals surface area (Å²) in [4.78, 5) is 10.2. The highest BCUT2D eigenvalue weighted by Gasteiger charge is 2.14. The van der Waals surface area contributed by atoms with Gasteiger partial charge in [0.15, 0.2) is 0 Å². The van der Waals surface area contributed by atoms with Crippen molar-refractivity contribution in [2.24, 2.45) is 7.05 Å². The quantitative estimate of drug-likeness (QED) is 0.692. The van der Waals surface area contributed by atoms with E-state index in [1.54, 1.807) is 10.7 Å². The molecule has 0 aliphatic rings. The van der Waals surface area contributed by atoms with Gasteiger partial charge in [-0.25, -0.2) is 0 Å². The number of anilines is 1. The van der Waals surface area contributed by atoms with Crippen molar-refractivity contribution < 1.29 is 4.92 Å². The molecular weight excluding hydrogens is 280 g/mol. The van der Waals surface area contributed by atoms with Crippen LogP contribution in [0.3, 0.4) is 0 Å². The summed E-state index contributed by atoms with van der Waals surface area (Å²) in [5.74, 6) is 0. The van der Waals surface area contributed by atoms with E-state index in [0.29, 0.717) is 10.7 Å². The van der Waals surface area contributed by atoms with E-state index in [-0.39, 0.29) is 11.7 Å². The summed E-state index contributed by atoms with van der Waals surface area (Å²) in [6.07, 6.45) is 1.94. The summed E-state index contributed by atoms with van der Waals surface area (Å²) >= 11 is 6.06. The van der Waals surface area contributed by atoms with Gasteiger partial charge in [0.05, 0.1) is 27.4 Å². The fourth-order valence-corrected chi connectivity index (χ4v) is 2.32. The first kappa shape index (κ1) is 14.3. The van der Waals surface area contributed by atoms with Crippen LogP contribution in [0.15, 0.2) is 24.4 Å². The summed E-state index contributed by atoms with van der Waals surface area (Å²) < 4.78 is 1.75. The van der Waals surface area contributed by atoms with E-state index in [1.807, 2.05) is 27.1 Å². The molecule has 2 aromatic rings. The molecule has 20 heavy (non-hydrogen) atoms. The molecule has 1 heterocycles. The molecule has 1 atom stereocenters. The third-order valence-electron chi connectivity index (χ3n) is 3.05. The Balaban J connectivity index is 2.22. The lowest BCUT2D eigenvalue weighted by Crippen LogP contribution is -2.07. The van der Waals surface area contributed by atoms with Crippen LogP contribution >= 0.6 is 11.6 Å². The lowest BCUT2D eigenvalue weighted by Gasteiger charge is -2.15. The van der Waals surface area contributed by atoms with E-state index >= 15 is 0 Å². The highest BCUT2D eigenvalue weighted by atomic mass is 35.5. The second-order valence-corrected chi connectivity index (χ2v) is 5.04. The van der Waals surface area contributed by atoms with Crippen molar-refractivity contribution in [2.75, 3.05) is 5.32 Å². The maximum Gasteiger partial charge on any atom is 0.271 e. The van der Waals surface area contributed by atoms with Crippen molar-refractivity contribution in [3.8, 4) is 0 Å². The first-order valence-corrected chi connectivity index (χ1v) is 6.47. The van der Waals surface area contributed by atoms with Gasteiger partial charge < -0.3 is 5.32 Å². The fourth-order valence-electron chi connectivity index (χ4n) is 2.09. The Morgan fingerprint density at radius 2 is 2.20 bits per heavy atom. The number of benzene rings is 1. The standard InChI is InChI=1S/C13H15ClN4O2/c1-8(11-7-17(3)16-9(11)2)15-13-5-4-10(18(19)20)6-12(13)14/h4-8,15H,1-3H3. The van der Waals surface area contributed by atoms with E-state index in [9.17, 15) is 10.1 Å². The number of nitrogens with one attached hydrogen (secondary N) is 1. The fraction of sp³-hybridized carbons (Fsp3) is 0.308. The second-order valence-electron chi connectivity index (χ2n) is 4.63. The minimum atomic E-state index is -0.468. The number of nitro groups is 1. The van der Waals surface area contributed by atoms with Crippen LogP contribution in [0.4, 0.5) is 11.4 Å². The summed E-state index contributed by atoms with van der Waals surface area (Å²) in [7, 11) is 1.86. The molecule has 0 saturated carbocycles. The number of hydrogen-bond donors (Lipinski definition) is 1. The number of nitrogens with zero attached hydrogens (tertiary/aromatic N) is 3. The molecule has 7 heteroatoms. The maximum absolute atomic E-state index is 10.7. The molecule has 0 aliphatic heterocycles. The number of aromatic nitrogens is 2. The number of nitro benzene ring substituents is 1. The van der Waals surface area contributed by atoms with E-state index < -0.39 is 4.92 Å². The lowest BCUT2D eigenvalue weighted by molar-refractivity contribution is -0.384. The molecule has 1 unspecified atom stereocenters. The molecule has 0 fully saturated rings. The smallest absolute Gasteiger partial charge is 0.271 e. The highest BCUT2D eigenvalue weighted by Crippen LogP contribution is 2.30. The van der Waals surface area contributed by atoms with Gasteiger partial charge in [-0.2, -0.15) is 5.10 Å². The molecule has 0 spiro atoms. The minimum Gasteiger partial charge on any atom is -0.377 e. The average molecular weight is 295 g/mol. The highest BCUT2D eigenvalue weighted by molar-refractivity contribution is 6.33. The largest absolute Gasteiger partial charge is 0.377 e. The Kier molecular flexibility index (Phi) is 3.94. The Hall–Kier alpha value is -2.08. The summed E-state index contributed by atoms with van der Waals surface area (Å²) in [5, 5.41) is 18.5.